The summed E-state index contributed by atoms with van der Waals surface area (Å²) in [5.41, 5.74) is 11.5. The third-order valence-electron chi connectivity index (χ3n) is 5.07. The number of pyridine rings is 1. The quantitative estimate of drug-likeness (QED) is 0.678. The molecule has 1 aromatic carbocycles. The summed E-state index contributed by atoms with van der Waals surface area (Å²) in [4.78, 5) is 19.7. The monoisotopic (exact) mass is 346 g/mol. The van der Waals surface area contributed by atoms with Crippen molar-refractivity contribution >= 4 is 5.91 Å². The summed E-state index contributed by atoms with van der Waals surface area (Å²) in [5.74, 6) is 0.0336. The van der Waals surface area contributed by atoms with Gasteiger partial charge in [-0.15, -0.1) is 0 Å². The topological polar surface area (TPSA) is 83.8 Å². The number of primary amides is 1. The van der Waals surface area contributed by atoms with E-state index in [1.54, 1.807) is 18.5 Å². The van der Waals surface area contributed by atoms with Gasteiger partial charge in [-0.3, -0.25) is 9.78 Å². The highest BCUT2D eigenvalue weighted by Gasteiger charge is 2.23. The van der Waals surface area contributed by atoms with Crippen LogP contribution < -0.4 is 11.1 Å². The molecule has 132 valence electrons. The number of carbonyl (C=O) groups excluding carboxylic acids is 1. The molecule has 0 spiro atoms. The summed E-state index contributed by atoms with van der Waals surface area (Å²) in [6.07, 6.45) is 5.72. The van der Waals surface area contributed by atoms with Crippen LogP contribution in [0.25, 0.3) is 22.4 Å². The maximum atomic E-state index is 12.0. The van der Waals surface area contributed by atoms with Gasteiger partial charge in [-0.25, -0.2) is 0 Å². The van der Waals surface area contributed by atoms with Crippen LogP contribution >= 0.6 is 0 Å². The van der Waals surface area contributed by atoms with E-state index in [0.717, 1.165) is 48.3 Å². The van der Waals surface area contributed by atoms with Gasteiger partial charge in [0.15, 0.2) is 0 Å². The second kappa shape index (κ2) is 7.14. The minimum atomic E-state index is -0.400. The minimum absolute atomic E-state index is 0.400. The Balaban J connectivity index is 1.87. The molecule has 0 saturated carbocycles. The van der Waals surface area contributed by atoms with Gasteiger partial charge in [0.05, 0.1) is 0 Å². The van der Waals surface area contributed by atoms with Crippen molar-refractivity contribution in [3.05, 3.63) is 66.1 Å². The van der Waals surface area contributed by atoms with Gasteiger partial charge in [0.25, 0.3) is 0 Å². The Kier molecular flexibility index (Phi) is 4.54. The van der Waals surface area contributed by atoms with Crippen molar-refractivity contribution in [2.75, 3.05) is 13.1 Å². The number of H-pyrrole nitrogens is 1. The molecule has 1 amide bonds. The predicted molar refractivity (Wildman–Crippen MR) is 103 cm³/mol. The number of nitrogens with one attached hydrogen (secondary N) is 2. The van der Waals surface area contributed by atoms with E-state index in [4.69, 9.17) is 5.73 Å². The van der Waals surface area contributed by atoms with E-state index in [1.165, 1.54) is 5.69 Å². The molecule has 0 aliphatic carbocycles. The Morgan fingerprint density at radius 1 is 1.04 bits per heavy atom. The zero-order valence-corrected chi connectivity index (χ0v) is 14.5. The Bertz CT molecular complexity index is 911. The van der Waals surface area contributed by atoms with Crippen LogP contribution in [0.3, 0.4) is 0 Å². The molecule has 4 N–H and O–H groups in total. The molecule has 5 heteroatoms. The number of rotatable bonds is 4. The molecule has 1 aliphatic heterocycles. The van der Waals surface area contributed by atoms with Gasteiger partial charge >= 0.3 is 0 Å². The Hall–Kier alpha value is -2.92. The molecular formula is C21H22N4O. The van der Waals surface area contributed by atoms with Crippen LogP contribution in [0, 0.1) is 0 Å². The third kappa shape index (κ3) is 3.13. The van der Waals surface area contributed by atoms with Crippen molar-refractivity contribution < 1.29 is 4.79 Å². The normalized spacial score (nSPS) is 15.1. The molecule has 1 aliphatic rings. The first-order valence-corrected chi connectivity index (χ1v) is 8.97. The molecular weight excluding hydrogens is 324 g/mol. The molecule has 26 heavy (non-hydrogen) atoms. The standard InChI is InChI=1S/C21H22N4O/c22-21(26)17-4-2-1-3-16(17)18-13-19(14-5-9-23-10-6-14)25-20(18)15-7-11-24-12-8-15/h1-6,9-10,13,15,24-25H,7-8,11-12H2,(H2,22,26). The number of aromatic nitrogens is 2. The molecule has 0 bridgehead atoms. The average molecular weight is 346 g/mol. The lowest BCUT2D eigenvalue weighted by molar-refractivity contribution is 0.100. The van der Waals surface area contributed by atoms with Gasteiger partial charge in [-0.1, -0.05) is 18.2 Å². The first-order chi connectivity index (χ1) is 12.7. The van der Waals surface area contributed by atoms with E-state index in [0.29, 0.717) is 11.5 Å². The first-order valence-electron chi connectivity index (χ1n) is 8.97. The highest BCUT2D eigenvalue weighted by molar-refractivity contribution is 6.00. The van der Waals surface area contributed by atoms with Gasteiger partial charge in [-0.05, 0) is 55.8 Å². The van der Waals surface area contributed by atoms with Crippen molar-refractivity contribution in [3.63, 3.8) is 0 Å². The predicted octanol–water partition coefficient (Wildman–Crippen LogP) is 3.31. The van der Waals surface area contributed by atoms with Crippen molar-refractivity contribution in [2.24, 2.45) is 5.73 Å². The number of piperidine rings is 1. The van der Waals surface area contributed by atoms with Crippen molar-refractivity contribution in [1.29, 1.82) is 0 Å². The maximum Gasteiger partial charge on any atom is 0.249 e. The molecule has 3 heterocycles. The summed E-state index contributed by atoms with van der Waals surface area (Å²) in [6.45, 7) is 2.01. The Morgan fingerprint density at radius 2 is 1.77 bits per heavy atom. The van der Waals surface area contributed by atoms with Crippen LogP contribution in [0.4, 0.5) is 0 Å². The van der Waals surface area contributed by atoms with Gasteiger partial charge in [0.2, 0.25) is 5.91 Å². The fraction of sp³-hybridized carbons (Fsp3) is 0.238. The minimum Gasteiger partial charge on any atom is -0.366 e. The van der Waals surface area contributed by atoms with E-state index in [1.807, 2.05) is 30.3 Å². The zero-order valence-electron chi connectivity index (χ0n) is 14.5. The second-order valence-corrected chi connectivity index (χ2v) is 6.68. The van der Waals surface area contributed by atoms with E-state index in [-0.39, 0.29) is 0 Å². The molecule has 5 nitrogen and oxygen atoms in total. The van der Waals surface area contributed by atoms with Crippen LogP contribution in [0.2, 0.25) is 0 Å². The number of nitrogens with two attached hydrogens (primary N) is 1. The summed E-state index contributed by atoms with van der Waals surface area (Å²) in [7, 11) is 0. The van der Waals surface area contributed by atoms with Crippen LogP contribution in [0.5, 0.6) is 0 Å². The molecule has 0 radical (unpaired) electrons. The fourth-order valence-electron chi connectivity index (χ4n) is 3.75. The van der Waals surface area contributed by atoms with Crippen molar-refractivity contribution in [1.82, 2.24) is 15.3 Å². The number of hydrogen-bond donors (Lipinski definition) is 3. The number of amides is 1. The van der Waals surface area contributed by atoms with Crippen LogP contribution in [-0.2, 0) is 0 Å². The Labute approximate surface area is 152 Å². The molecule has 1 saturated heterocycles. The van der Waals surface area contributed by atoms with Crippen LogP contribution in [0.1, 0.15) is 34.8 Å². The summed E-state index contributed by atoms with van der Waals surface area (Å²) < 4.78 is 0. The largest absolute Gasteiger partial charge is 0.366 e. The third-order valence-corrected chi connectivity index (χ3v) is 5.07. The number of benzene rings is 1. The maximum absolute atomic E-state index is 12.0. The smallest absolute Gasteiger partial charge is 0.249 e. The fourth-order valence-corrected chi connectivity index (χ4v) is 3.75. The van der Waals surface area contributed by atoms with E-state index >= 15 is 0 Å². The van der Waals surface area contributed by atoms with Gasteiger partial charge in [0, 0.05) is 46.4 Å². The molecule has 3 aromatic rings. The number of nitrogens with zero attached hydrogens (tertiary/aromatic N) is 1. The SMILES string of the molecule is NC(=O)c1ccccc1-c1cc(-c2ccncc2)[nH]c1C1CCNCC1. The highest BCUT2D eigenvalue weighted by atomic mass is 16.1. The van der Waals surface area contributed by atoms with Crippen molar-refractivity contribution in [2.45, 2.75) is 18.8 Å². The lowest BCUT2D eigenvalue weighted by Crippen LogP contribution is -2.27. The van der Waals surface area contributed by atoms with Gasteiger partial charge < -0.3 is 16.0 Å². The molecule has 0 unspecified atom stereocenters. The van der Waals surface area contributed by atoms with Crippen molar-refractivity contribution in [3.8, 4) is 22.4 Å². The first kappa shape index (κ1) is 16.5. The van der Waals surface area contributed by atoms with Crippen LogP contribution in [-0.4, -0.2) is 29.0 Å². The molecule has 1 fully saturated rings. The van der Waals surface area contributed by atoms with Gasteiger partial charge in [-0.2, -0.15) is 0 Å². The van der Waals surface area contributed by atoms with E-state index in [9.17, 15) is 4.79 Å². The lowest BCUT2D eigenvalue weighted by Gasteiger charge is -2.23. The van der Waals surface area contributed by atoms with Crippen LogP contribution in [0.15, 0.2) is 54.9 Å². The zero-order chi connectivity index (χ0) is 17.9. The molecule has 2 aromatic heterocycles. The number of hydrogen-bond acceptors (Lipinski definition) is 3. The van der Waals surface area contributed by atoms with E-state index < -0.39 is 5.91 Å². The van der Waals surface area contributed by atoms with Gasteiger partial charge in [0.1, 0.15) is 0 Å². The summed E-state index contributed by atoms with van der Waals surface area (Å²) in [6, 6.07) is 13.7. The number of carbonyl (C=O) groups is 1. The van der Waals surface area contributed by atoms with E-state index in [2.05, 4.69) is 21.4 Å². The molecule has 0 atom stereocenters. The summed E-state index contributed by atoms with van der Waals surface area (Å²) >= 11 is 0. The highest BCUT2D eigenvalue weighted by Crippen LogP contribution is 2.38. The number of aromatic amines is 1. The Morgan fingerprint density at radius 3 is 2.50 bits per heavy atom. The second-order valence-electron chi connectivity index (χ2n) is 6.68. The molecule has 4 rings (SSSR count). The average Bonchev–Trinajstić information content (AvgIpc) is 3.14. The lowest BCUT2D eigenvalue weighted by atomic mass is 9.89. The summed E-state index contributed by atoms with van der Waals surface area (Å²) in [5, 5.41) is 3.42.